The number of halogens is 1. The Hall–Kier alpha value is -2.15. The molecule has 0 amide bonds. The number of methoxy groups -OCH3 is 1. The highest BCUT2D eigenvalue weighted by Crippen LogP contribution is 2.22. The Labute approximate surface area is 129 Å². The maximum absolute atomic E-state index is 5.84. The molecule has 0 aromatic heterocycles. The van der Waals surface area contributed by atoms with E-state index in [0.717, 1.165) is 22.6 Å². The molecule has 0 bridgehead atoms. The zero-order valence-corrected chi connectivity index (χ0v) is 12.5. The molecular formula is C17H16ClNO2. The predicted octanol–water partition coefficient (Wildman–Crippen LogP) is 3.24. The van der Waals surface area contributed by atoms with Gasteiger partial charge in [0.05, 0.1) is 13.7 Å². The number of ether oxygens (including phenoxy) is 2. The lowest BCUT2D eigenvalue weighted by Gasteiger charge is -2.11. The third-order valence-electron chi connectivity index (χ3n) is 2.82. The van der Waals surface area contributed by atoms with Crippen LogP contribution in [0.15, 0.2) is 42.5 Å². The molecule has 2 aromatic rings. The normalized spacial score (nSPS) is 9.67. The van der Waals surface area contributed by atoms with Gasteiger partial charge in [0.2, 0.25) is 0 Å². The topological polar surface area (TPSA) is 44.5 Å². The Morgan fingerprint density at radius 1 is 1.14 bits per heavy atom. The van der Waals surface area contributed by atoms with Crippen LogP contribution < -0.4 is 15.2 Å². The van der Waals surface area contributed by atoms with Crippen LogP contribution in [0.3, 0.4) is 0 Å². The molecule has 2 rings (SSSR count). The number of hydrogen-bond acceptors (Lipinski definition) is 3. The van der Waals surface area contributed by atoms with Crippen molar-refractivity contribution in [1.29, 1.82) is 0 Å². The van der Waals surface area contributed by atoms with Crippen molar-refractivity contribution in [3.63, 3.8) is 0 Å². The fourth-order valence-electron chi connectivity index (χ4n) is 1.81. The number of nitrogens with two attached hydrogens (primary N) is 1. The molecule has 0 saturated heterocycles. The summed E-state index contributed by atoms with van der Waals surface area (Å²) in [6, 6.07) is 12.9. The van der Waals surface area contributed by atoms with Crippen molar-refractivity contribution in [2.24, 2.45) is 5.73 Å². The van der Waals surface area contributed by atoms with E-state index in [0.29, 0.717) is 18.2 Å². The first kappa shape index (κ1) is 15.2. The van der Waals surface area contributed by atoms with Crippen LogP contribution in [-0.2, 0) is 6.61 Å². The smallest absolute Gasteiger partial charge is 0.125 e. The second-order valence-corrected chi connectivity index (χ2v) is 4.71. The quantitative estimate of drug-likeness (QED) is 0.882. The van der Waals surface area contributed by atoms with Crippen LogP contribution in [0.1, 0.15) is 11.1 Å². The molecule has 4 heteroatoms. The lowest BCUT2D eigenvalue weighted by atomic mass is 10.1. The van der Waals surface area contributed by atoms with E-state index >= 15 is 0 Å². The molecule has 0 atom stereocenters. The zero-order valence-electron chi connectivity index (χ0n) is 11.7. The first-order chi connectivity index (χ1) is 10.2. The van der Waals surface area contributed by atoms with Gasteiger partial charge in [-0.2, -0.15) is 0 Å². The monoisotopic (exact) mass is 301 g/mol. The van der Waals surface area contributed by atoms with E-state index in [-0.39, 0.29) is 0 Å². The number of benzene rings is 2. The van der Waals surface area contributed by atoms with E-state index in [4.69, 9.17) is 26.8 Å². The predicted molar refractivity (Wildman–Crippen MR) is 84.7 cm³/mol. The maximum atomic E-state index is 5.84. The fourth-order valence-corrected chi connectivity index (χ4v) is 1.94. The van der Waals surface area contributed by atoms with Gasteiger partial charge in [0.15, 0.2) is 0 Å². The summed E-state index contributed by atoms with van der Waals surface area (Å²) in [5.41, 5.74) is 7.20. The van der Waals surface area contributed by atoms with Crippen LogP contribution in [0.25, 0.3) is 0 Å². The van der Waals surface area contributed by atoms with Crippen molar-refractivity contribution < 1.29 is 9.47 Å². The summed E-state index contributed by atoms with van der Waals surface area (Å²) in [4.78, 5) is 0. The molecule has 0 unspecified atom stereocenters. The molecule has 0 radical (unpaired) electrons. The van der Waals surface area contributed by atoms with Crippen molar-refractivity contribution in [2.45, 2.75) is 6.61 Å². The van der Waals surface area contributed by atoms with Crippen molar-refractivity contribution in [3.05, 3.63) is 58.6 Å². The van der Waals surface area contributed by atoms with E-state index < -0.39 is 0 Å². The summed E-state index contributed by atoms with van der Waals surface area (Å²) in [6.45, 7) is 0.728. The molecule has 0 spiro atoms. The molecule has 0 fully saturated rings. The molecule has 0 aliphatic carbocycles. The van der Waals surface area contributed by atoms with Crippen LogP contribution >= 0.6 is 11.6 Å². The minimum atomic E-state index is 0.336. The first-order valence-electron chi connectivity index (χ1n) is 6.47. The summed E-state index contributed by atoms with van der Waals surface area (Å²) in [5, 5.41) is 0.680. The minimum absolute atomic E-state index is 0.336. The Morgan fingerprint density at radius 3 is 2.57 bits per heavy atom. The average Bonchev–Trinajstić information content (AvgIpc) is 2.52. The molecule has 2 N–H and O–H groups in total. The summed E-state index contributed by atoms with van der Waals surface area (Å²) in [5.74, 6) is 7.34. The van der Waals surface area contributed by atoms with Gasteiger partial charge in [-0.3, -0.25) is 0 Å². The fraction of sp³-hybridized carbons (Fsp3) is 0.176. The van der Waals surface area contributed by atoms with Gasteiger partial charge in [0.1, 0.15) is 18.1 Å². The van der Waals surface area contributed by atoms with E-state index in [1.807, 2.05) is 30.3 Å². The minimum Gasteiger partial charge on any atom is -0.496 e. The lowest BCUT2D eigenvalue weighted by Crippen LogP contribution is -1.99. The van der Waals surface area contributed by atoms with Crippen LogP contribution in [-0.4, -0.2) is 13.7 Å². The molecule has 0 heterocycles. The molecule has 2 aromatic carbocycles. The maximum Gasteiger partial charge on any atom is 0.125 e. The van der Waals surface area contributed by atoms with Gasteiger partial charge in [0, 0.05) is 16.1 Å². The second-order valence-electron chi connectivity index (χ2n) is 4.28. The van der Waals surface area contributed by atoms with Crippen molar-refractivity contribution in [2.75, 3.05) is 13.7 Å². The van der Waals surface area contributed by atoms with Crippen LogP contribution in [0.5, 0.6) is 11.5 Å². The van der Waals surface area contributed by atoms with E-state index in [9.17, 15) is 0 Å². The third kappa shape index (κ3) is 4.42. The van der Waals surface area contributed by atoms with Crippen LogP contribution in [0.4, 0.5) is 0 Å². The standard InChI is InChI=1S/C17H16ClNO2/c1-20-17-9-4-13(3-2-10-19)11-14(17)12-21-16-7-5-15(18)6-8-16/h4-9,11H,10,12,19H2,1H3. The van der Waals surface area contributed by atoms with Gasteiger partial charge in [-0.05, 0) is 42.5 Å². The Bertz CT molecular complexity index is 657. The van der Waals surface area contributed by atoms with E-state index in [1.54, 1.807) is 19.2 Å². The highest BCUT2D eigenvalue weighted by Gasteiger charge is 2.05. The van der Waals surface area contributed by atoms with Crippen molar-refractivity contribution in [3.8, 4) is 23.3 Å². The van der Waals surface area contributed by atoms with Crippen LogP contribution in [0, 0.1) is 11.8 Å². The van der Waals surface area contributed by atoms with Gasteiger partial charge in [-0.1, -0.05) is 23.4 Å². The van der Waals surface area contributed by atoms with Crippen molar-refractivity contribution in [1.82, 2.24) is 0 Å². The summed E-state index contributed by atoms with van der Waals surface area (Å²) in [7, 11) is 1.63. The van der Waals surface area contributed by atoms with Crippen LogP contribution in [0.2, 0.25) is 5.02 Å². The van der Waals surface area contributed by atoms with E-state index in [1.165, 1.54) is 0 Å². The SMILES string of the molecule is COc1ccc(C#CCN)cc1COc1ccc(Cl)cc1. The Morgan fingerprint density at radius 2 is 1.90 bits per heavy atom. The highest BCUT2D eigenvalue weighted by atomic mass is 35.5. The second kappa shape index (κ2) is 7.58. The third-order valence-corrected chi connectivity index (χ3v) is 3.08. The molecule has 0 aliphatic rings. The van der Waals surface area contributed by atoms with Gasteiger partial charge in [-0.15, -0.1) is 0 Å². The number of rotatable bonds is 4. The average molecular weight is 302 g/mol. The molecular weight excluding hydrogens is 286 g/mol. The van der Waals surface area contributed by atoms with Crippen molar-refractivity contribution >= 4 is 11.6 Å². The Kier molecular flexibility index (Phi) is 5.51. The largest absolute Gasteiger partial charge is 0.496 e. The molecule has 0 aliphatic heterocycles. The molecule has 108 valence electrons. The highest BCUT2D eigenvalue weighted by molar-refractivity contribution is 6.30. The summed E-state index contributed by atoms with van der Waals surface area (Å²) < 4.78 is 11.1. The Balaban J connectivity index is 2.15. The number of hydrogen-bond donors (Lipinski definition) is 1. The van der Waals surface area contributed by atoms with Gasteiger partial charge in [-0.25, -0.2) is 0 Å². The molecule has 21 heavy (non-hydrogen) atoms. The zero-order chi connectivity index (χ0) is 15.1. The summed E-state index contributed by atoms with van der Waals surface area (Å²) in [6.07, 6.45) is 0. The van der Waals surface area contributed by atoms with Gasteiger partial charge in [0.25, 0.3) is 0 Å². The first-order valence-corrected chi connectivity index (χ1v) is 6.85. The summed E-state index contributed by atoms with van der Waals surface area (Å²) >= 11 is 5.84. The molecule has 3 nitrogen and oxygen atoms in total. The van der Waals surface area contributed by atoms with Gasteiger partial charge >= 0.3 is 0 Å². The van der Waals surface area contributed by atoms with Gasteiger partial charge < -0.3 is 15.2 Å². The lowest BCUT2D eigenvalue weighted by molar-refractivity contribution is 0.296. The van der Waals surface area contributed by atoms with E-state index in [2.05, 4.69) is 11.8 Å². The molecule has 0 saturated carbocycles.